The number of halogens is 4. The molecule has 1 aromatic rings. The maximum absolute atomic E-state index is 13.6. The summed E-state index contributed by atoms with van der Waals surface area (Å²) in [6.45, 7) is 1.81. The second kappa shape index (κ2) is 6.07. The standard InChI is InChI=1S/C13H16F4N2O/c14-10-3-1-2-9(12(10)13(15,16)17)11(8-20)19-6-4-18-5-7-19/h1-3,11,18,20H,4-8H2/t11-/m1/s1. The van der Waals surface area contributed by atoms with Crippen molar-refractivity contribution < 1.29 is 22.7 Å². The first-order chi connectivity index (χ1) is 9.45. The molecule has 3 nitrogen and oxygen atoms in total. The fourth-order valence-corrected chi connectivity index (χ4v) is 2.52. The summed E-state index contributed by atoms with van der Waals surface area (Å²) in [5.74, 6) is -1.30. The molecule has 0 saturated carbocycles. The van der Waals surface area contributed by atoms with Crippen LogP contribution in [0, 0.1) is 5.82 Å². The molecule has 1 aliphatic heterocycles. The first kappa shape index (κ1) is 15.2. The quantitative estimate of drug-likeness (QED) is 0.834. The number of piperazine rings is 1. The largest absolute Gasteiger partial charge is 0.419 e. The lowest BCUT2D eigenvalue weighted by molar-refractivity contribution is -0.141. The summed E-state index contributed by atoms with van der Waals surface area (Å²) in [7, 11) is 0. The van der Waals surface area contributed by atoms with Gasteiger partial charge in [-0.15, -0.1) is 0 Å². The molecule has 112 valence electrons. The van der Waals surface area contributed by atoms with Crippen LogP contribution in [0.3, 0.4) is 0 Å². The molecule has 1 aromatic carbocycles. The molecule has 0 amide bonds. The van der Waals surface area contributed by atoms with E-state index in [9.17, 15) is 22.7 Å². The molecule has 2 N–H and O–H groups in total. The Bertz CT molecular complexity index is 458. The Morgan fingerprint density at radius 2 is 1.90 bits per heavy atom. The van der Waals surface area contributed by atoms with Gasteiger partial charge in [0.1, 0.15) is 5.82 Å². The van der Waals surface area contributed by atoms with E-state index in [1.807, 2.05) is 0 Å². The van der Waals surface area contributed by atoms with Crippen LogP contribution in [0.15, 0.2) is 18.2 Å². The van der Waals surface area contributed by atoms with Crippen LogP contribution in [0.25, 0.3) is 0 Å². The Balaban J connectivity index is 2.41. The molecular weight excluding hydrogens is 276 g/mol. The highest BCUT2D eigenvalue weighted by Gasteiger charge is 2.39. The van der Waals surface area contributed by atoms with Crippen LogP contribution in [-0.4, -0.2) is 42.8 Å². The SMILES string of the molecule is OC[C@H](c1cccc(F)c1C(F)(F)F)N1CCNCC1. The first-order valence-electron chi connectivity index (χ1n) is 6.36. The predicted octanol–water partition coefficient (Wildman–Crippen LogP) is 1.78. The molecule has 1 saturated heterocycles. The zero-order chi connectivity index (χ0) is 14.8. The van der Waals surface area contributed by atoms with Crippen LogP contribution in [0.1, 0.15) is 17.2 Å². The van der Waals surface area contributed by atoms with Gasteiger partial charge < -0.3 is 10.4 Å². The van der Waals surface area contributed by atoms with Crippen molar-refractivity contribution in [3.63, 3.8) is 0 Å². The molecule has 0 aliphatic carbocycles. The van der Waals surface area contributed by atoms with E-state index in [2.05, 4.69) is 5.32 Å². The van der Waals surface area contributed by atoms with Crippen molar-refractivity contribution in [2.45, 2.75) is 12.2 Å². The Morgan fingerprint density at radius 3 is 2.45 bits per heavy atom. The van der Waals surface area contributed by atoms with Crippen molar-refractivity contribution in [3.8, 4) is 0 Å². The van der Waals surface area contributed by atoms with Crippen molar-refractivity contribution in [3.05, 3.63) is 35.1 Å². The summed E-state index contributed by atoms with van der Waals surface area (Å²) in [4.78, 5) is 1.74. The van der Waals surface area contributed by atoms with Gasteiger partial charge in [-0.05, 0) is 11.6 Å². The number of hydrogen-bond donors (Lipinski definition) is 2. The number of nitrogens with one attached hydrogen (secondary N) is 1. The van der Waals surface area contributed by atoms with Gasteiger partial charge in [0, 0.05) is 26.2 Å². The lowest BCUT2D eigenvalue weighted by atomic mass is 9.98. The lowest BCUT2D eigenvalue weighted by Gasteiger charge is -2.35. The van der Waals surface area contributed by atoms with Gasteiger partial charge in [0.05, 0.1) is 18.2 Å². The molecule has 1 aliphatic rings. The Labute approximate surface area is 114 Å². The predicted molar refractivity (Wildman–Crippen MR) is 65.7 cm³/mol. The molecule has 7 heteroatoms. The fourth-order valence-electron chi connectivity index (χ4n) is 2.52. The molecule has 0 aromatic heterocycles. The van der Waals surface area contributed by atoms with Gasteiger partial charge in [-0.3, -0.25) is 4.90 Å². The topological polar surface area (TPSA) is 35.5 Å². The molecule has 20 heavy (non-hydrogen) atoms. The van der Waals surface area contributed by atoms with Gasteiger partial charge in [-0.2, -0.15) is 13.2 Å². The minimum absolute atomic E-state index is 0.207. The average molecular weight is 292 g/mol. The van der Waals surface area contributed by atoms with E-state index in [0.717, 1.165) is 6.07 Å². The number of aliphatic hydroxyl groups is 1. The highest BCUT2D eigenvalue weighted by molar-refractivity contribution is 5.34. The Kier molecular flexibility index (Phi) is 4.62. The third-order valence-corrected chi connectivity index (χ3v) is 3.45. The summed E-state index contributed by atoms with van der Waals surface area (Å²) in [5, 5.41) is 12.5. The van der Waals surface area contributed by atoms with Crippen LogP contribution in [0.4, 0.5) is 17.6 Å². The molecule has 0 radical (unpaired) electrons. The molecular formula is C13H16F4N2O. The van der Waals surface area contributed by atoms with E-state index in [4.69, 9.17) is 0 Å². The van der Waals surface area contributed by atoms with E-state index in [-0.39, 0.29) is 5.56 Å². The third kappa shape index (κ3) is 3.11. The maximum Gasteiger partial charge on any atom is 0.419 e. The number of aliphatic hydroxyl groups excluding tert-OH is 1. The summed E-state index contributed by atoms with van der Waals surface area (Å²) in [6.07, 6.45) is -4.78. The van der Waals surface area contributed by atoms with Crippen LogP contribution < -0.4 is 5.32 Å². The summed E-state index contributed by atoms with van der Waals surface area (Å²) < 4.78 is 52.6. The number of nitrogens with zero attached hydrogens (tertiary/aromatic N) is 1. The smallest absolute Gasteiger partial charge is 0.394 e. The van der Waals surface area contributed by atoms with Crippen LogP contribution in [0.2, 0.25) is 0 Å². The number of rotatable bonds is 3. The van der Waals surface area contributed by atoms with Crippen molar-refractivity contribution in [2.24, 2.45) is 0 Å². The highest BCUT2D eigenvalue weighted by Crippen LogP contribution is 2.38. The van der Waals surface area contributed by atoms with Gasteiger partial charge in [-0.25, -0.2) is 4.39 Å². The normalized spacial score (nSPS) is 19.1. The second-order valence-corrected chi connectivity index (χ2v) is 4.69. The van der Waals surface area contributed by atoms with E-state index in [1.54, 1.807) is 4.90 Å². The highest BCUT2D eigenvalue weighted by atomic mass is 19.4. The van der Waals surface area contributed by atoms with Crippen LogP contribution >= 0.6 is 0 Å². The second-order valence-electron chi connectivity index (χ2n) is 4.69. The van der Waals surface area contributed by atoms with Gasteiger partial charge in [0.15, 0.2) is 0 Å². The van der Waals surface area contributed by atoms with Gasteiger partial charge in [-0.1, -0.05) is 12.1 Å². The molecule has 0 bridgehead atoms. The molecule has 1 heterocycles. The minimum atomic E-state index is -4.78. The number of hydrogen-bond acceptors (Lipinski definition) is 3. The average Bonchev–Trinajstić information content (AvgIpc) is 2.39. The van der Waals surface area contributed by atoms with Crippen molar-refractivity contribution in [1.82, 2.24) is 10.2 Å². The van der Waals surface area contributed by atoms with Crippen molar-refractivity contribution >= 4 is 0 Å². The van der Waals surface area contributed by atoms with Crippen molar-refractivity contribution in [2.75, 3.05) is 32.8 Å². The van der Waals surface area contributed by atoms with Crippen LogP contribution in [-0.2, 0) is 6.18 Å². The zero-order valence-corrected chi connectivity index (χ0v) is 10.8. The van der Waals surface area contributed by atoms with E-state index < -0.39 is 30.2 Å². The minimum Gasteiger partial charge on any atom is -0.394 e. The lowest BCUT2D eigenvalue weighted by Crippen LogP contribution is -2.46. The van der Waals surface area contributed by atoms with Gasteiger partial charge in [0.25, 0.3) is 0 Å². The Morgan fingerprint density at radius 1 is 1.25 bits per heavy atom. The van der Waals surface area contributed by atoms with E-state index in [0.29, 0.717) is 26.2 Å². The number of alkyl halides is 3. The molecule has 2 rings (SSSR count). The zero-order valence-electron chi connectivity index (χ0n) is 10.8. The van der Waals surface area contributed by atoms with Crippen molar-refractivity contribution in [1.29, 1.82) is 0 Å². The first-order valence-corrected chi connectivity index (χ1v) is 6.36. The maximum atomic E-state index is 13.6. The summed E-state index contributed by atoms with van der Waals surface area (Å²) in [5.41, 5.74) is -1.49. The Hall–Kier alpha value is -1.18. The van der Waals surface area contributed by atoms with E-state index >= 15 is 0 Å². The van der Waals surface area contributed by atoms with Crippen LogP contribution in [0.5, 0.6) is 0 Å². The third-order valence-electron chi connectivity index (χ3n) is 3.45. The van der Waals surface area contributed by atoms with Gasteiger partial charge in [0.2, 0.25) is 0 Å². The molecule has 1 atom stereocenters. The van der Waals surface area contributed by atoms with E-state index in [1.165, 1.54) is 12.1 Å². The summed E-state index contributed by atoms with van der Waals surface area (Å²) in [6, 6.07) is 2.42. The molecule has 0 unspecified atom stereocenters. The molecule has 1 fully saturated rings. The fraction of sp³-hybridized carbons (Fsp3) is 0.538. The number of benzene rings is 1. The summed E-state index contributed by atoms with van der Waals surface area (Å²) >= 11 is 0. The van der Waals surface area contributed by atoms with Gasteiger partial charge >= 0.3 is 6.18 Å². The monoisotopic (exact) mass is 292 g/mol. The molecule has 0 spiro atoms.